The van der Waals surface area contributed by atoms with E-state index in [2.05, 4.69) is 41.8 Å². The van der Waals surface area contributed by atoms with Crippen molar-refractivity contribution in [3.05, 3.63) is 34.3 Å². The summed E-state index contributed by atoms with van der Waals surface area (Å²) in [6, 6.07) is 8.06. The summed E-state index contributed by atoms with van der Waals surface area (Å²) in [5.41, 5.74) is 0.760. The van der Waals surface area contributed by atoms with Crippen molar-refractivity contribution in [2.75, 3.05) is 27.2 Å². The molecule has 0 bridgehead atoms. The molecule has 1 saturated heterocycles. The Balaban J connectivity index is 2.12. The number of nitrogens with zero attached hydrogens (tertiary/aromatic N) is 2. The lowest BCUT2D eigenvalue weighted by molar-refractivity contribution is 0.0781. The normalized spacial score (nSPS) is 23.7. The van der Waals surface area contributed by atoms with Crippen molar-refractivity contribution in [3.63, 3.8) is 0 Å². The van der Waals surface area contributed by atoms with E-state index in [-0.39, 0.29) is 5.91 Å². The molecule has 4 heteroatoms. The number of carbonyl (C=O) groups excluding carboxylic acids is 1. The molecule has 0 radical (unpaired) electrons. The molecule has 0 N–H and O–H groups in total. The lowest BCUT2D eigenvalue weighted by Gasteiger charge is -2.22. The molecule has 0 spiro atoms. The van der Waals surface area contributed by atoms with Crippen LogP contribution >= 0.6 is 15.9 Å². The van der Waals surface area contributed by atoms with Crippen molar-refractivity contribution in [3.8, 4) is 0 Å². The van der Waals surface area contributed by atoms with E-state index in [1.165, 1.54) is 0 Å². The zero-order chi connectivity index (χ0) is 13.3. The van der Waals surface area contributed by atoms with Gasteiger partial charge in [-0.1, -0.05) is 28.9 Å². The maximum Gasteiger partial charge on any atom is 0.253 e. The van der Waals surface area contributed by atoms with Gasteiger partial charge in [0.1, 0.15) is 0 Å². The summed E-state index contributed by atoms with van der Waals surface area (Å²) in [4.78, 5) is 16.6. The van der Waals surface area contributed by atoms with E-state index in [9.17, 15) is 4.79 Å². The van der Waals surface area contributed by atoms with Gasteiger partial charge >= 0.3 is 0 Å². The third-order valence-corrected chi connectivity index (χ3v) is 4.09. The second kappa shape index (κ2) is 5.41. The van der Waals surface area contributed by atoms with Crippen LogP contribution in [-0.2, 0) is 0 Å². The minimum Gasteiger partial charge on any atom is -0.337 e. The summed E-state index contributed by atoms with van der Waals surface area (Å²) in [7, 11) is 4.16. The van der Waals surface area contributed by atoms with Crippen LogP contribution in [0.5, 0.6) is 0 Å². The topological polar surface area (TPSA) is 23.6 Å². The first-order chi connectivity index (χ1) is 8.49. The molecule has 18 heavy (non-hydrogen) atoms. The Morgan fingerprint density at radius 3 is 2.67 bits per heavy atom. The van der Waals surface area contributed by atoms with Crippen LogP contribution in [0.25, 0.3) is 0 Å². The van der Waals surface area contributed by atoms with Gasteiger partial charge in [-0.3, -0.25) is 4.79 Å². The summed E-state index contributed by atoms with van der Waals surface area (Å²) < 4.78 is 0.949. The molecule has 3 nitrogen and oxygen atoms in total. The number of hydrogen-bond acceptors (Lipinski definition) is 2. The Hall–Kier alpha value is -0.870. The van der Waals surface area contributed by atoms with Gasteiger partial charge in [-0.05, 0) is 38.2 Å². The maximum atomic E-state index is 12.4. The molecular formula is C14H19BrN2O. The number of likely N-dealkylation sites (N-methyl/N-ethyl adjacent to an activating group) is 1. The fourth-order valence-corrected chi connectivity index (χ4v) is 2.99. The van der Waals surface area contributed by atoms with Crippen molar-refractivity contribution < 1.29 is 4.79 Å². The largest absolute Gasteiger partial charge is 0.337 e. The molecule has 2 unspecified atom stereocenters. The molecule has 0 aromatic heterocycles. The lowest BCUT2D eigenvalue weighted by atomic mass is 10.1. The quantitative estimate of drug-likeness (QED) is 0.838. The van der Waals surface area contributed by atoms with Crippen molar-refractivity contribution in [1.29, 1.82) is 0 Å². The number of carbonyl (C=O) groups is 1. The van der Waals surface area contributed by atoms with Crippen molar-refractivity contribution >= 4 is 21.8 Å². The van der Waals surface area contributed by atoms with E-state index in [1.807, 2.05) is 29.2 Å². The molecule has 1 heterocycles. The average Bonchev–Trinajstić information content (AvgIpc) is 2.70. The van der Waals surface area contributed by atoms with Gasteiger partial charge in [0, 0.05) is 29.2 Å². The van der Waals surface area contributed by atoms with Crippen LogP contribution in [0, 0.1) is 5.92 Å². The van der Waals surface area contributed by atoms with Gasteiger partial charge in [-0.15, -0.1) is 0 Å². The monoisotopic (exact) mass is 310 g/mol. The number of hydrogen-bond donors (Lipinski definition) is 0. The fraction of sp³-hybridized carbons (Fsp3) is 0.500. The SMILES string of the molecule is CC1CN(C(=O)c2cccc(Br)c2)CC1N(C)C. The van der Waals surface area contributed by atoms with Crippen molar-refractivity contribution in [1.82, 2.24) is 9.80 Å². The van der Waals surface area contributed by atoms with Gasteiger partial charge in [0.25, 0.3) is 5.91 Å². The van der Waals surface area contributed by atoms with E-state index >= 15 is 0 Å². The maximum absolute atomic E-state index is 12.4. The van der Waals surface area contributed by atoms with E-state index in [4.69, 9.17) is 0 Å². The molecule has 1 aliphatic heterocycles. The zero-order valence-corrected chi connectivity index (χ0v) is 12.6. The highest BCUT2D eigenvalue weighted by Gasteiger charge is 2.33. The molecule has 2 atom stereocenters. The summed E-state index contributed by atoms with van der Waals surface area (Å²) in [6.07, 6.45) is 0. The predicted octanol–water partition coefficient (Wildman–Crippen LogP) is 2.47. The molecule has 1 aromatic carbocycles. The van der Waals surface area contributed by atoms with E-state index < -0.39 is 0 Å². The molecule has 1 amide bonds. The third-order valence-electron chi connectivity index (χ3n) is 3.59. The average molecular weight is 311 g/mol. The smallest absolute Gasteiger partial charge is 0.253 e. The third kappa shape index (κ3) is 2.75. The van der Waals surface area contributed by atoms with Gasteiger partial charge in [-0.2, -0.15) is 0 Å². The predicted molar refractivity (Wildman–Crippen MR) is 76.7 cm³/mol. The summed E-state index contributed by atoms with van der Waals surface area (Å²) in [5, 5.41) is 0. The first-order valence-corrected chi connectivity index (χ1v) is 6.99. The Morgan fingerprint density at radius 2 is 2.11 bits per heavy atom. The van der Waals surface area contributed by atoms with Crippen LogP contribution in [0.1, 0.15) is 17.3 Å². The number of rotatable bonds is 2. The summed E-state index contributed by atoms with van der Waals surface area (Å²) >= 11 is 3.41. The Labute approximate surface area is 117 Å². The minimum absolute atomic E-state index is 0.132. The van der Waals surface area contributed by atoms with Crippen molar-refractivity contribution in [2.45, 2.75) is 13.0 Å². The van der Waals surface area contributed by atoms with E-state index in [0.717, 1.165) is 23.1 Å². The first-order valence-electron chi connectivity index (χ1n) is 6.20. The molecule has 1 fully saturated rings. The summed E-state index contributed by atoms with van der Waals surface area (Å²) in [5.74, 6) is 0.656. The molecule has 98 valence electrons. The van der Waals surface area contributed by atoms with E-state index in [0.29, 0.717) is 12.0 Å². The van der Waals surface area contributed by atoms with Crippen LogP contribution < -0.4 is 0 Å². The highest BCUT2D eigenvalue weighted by Crippen LogP contribution is 2.22. The number of likely N-dealkylation sites (tertiary alicyclic amines) is 1. The van der Waals surface area contributed by atoms with Crippen molar-refractivity contribution in [2.24, 2.45) is 5.92 Å². The van der Waals surface area contributed by atoms with Crippen LogP contribution in [0.2, 0.25) is 0 Å². The van der Waals surface area contributed by atoms with Crippen LogP contribution in [0.3, 0.4) is 0 Å². The minimum atomic E-state index is 0.132. The second-order valence-corrected chi connectivity index (χ2v) is 6.14. The van der Waals surface area contributed by atoms with Gasteiger partial charge < -0.3 is 9.80 Å². The van der Waals surface area contributed by atoms with Gasteiger partial charge in [-0.25, -0.2) is 0 Å². The number of benzene rings is 1. The van der Waals surface area contributed by atoms with Gasteiger partial charge in [0.15, 0.2) is 0 Å². The van der Waals surface area contributed by atoms with Crippen LogP contribution in [0.15, 0.2) is 28.7 Å². The molecule has 0 aliphatic carbocycles. The van der Waals surface area contributed by atoms with Crippen LogP contribution in [0.4, 0.5) is 0 Å². The second-order valence-electron chi connectivity index (χ2n) is 5.23. The Kier molecular flexibility index (Phi) is 4.07. The first kappa shape index (κ1) is 13.6. The standard InChI is InChI=1S/C14H19BrN2O/c1-10-8-17(9-13(10)16(2)3)14(18)11-5-4-6-12(15)7-11/h4-7,10,13H,8-9H2,1-3H3. The van der Waals surface area contributed by atoms with E-state index in [1.54, 1.807) is 0 Å². The number of halogens is 1. The highest BCUT2D eigenvalue weighted by molar-refractivity contribution is 9.10. The van der Waals surface area contributed by atoms with Gasteiger partial charge in [0.2, 0.25) is 0 Å². The fourth-order valence-electron chi connectivity index (χ4n) is 2.59. The molecule has 1 aromatic rings. The molecule has 2 rings (SSSR count). The molecule has 1 aliphatic rings. The van der Waals surface area contributed by atoms with Crippen LogP contribution in [-0.4, -0.2) is 48.9 Å². The molecular weight excluding hydrogens is 292 g/mol. The molecule has 0 saturated carbocycles. The number of amides is 1. The zero-order valence-electron chi connectivity index (χ0n) is 11.1. The van der Waals surface area contributed by atoms with Gasteiger partial charge in [0.05, 0.1) is 0 Å². The lowest BCUT2D eigenvalue weighted by Crippen LogP contribution is -2.35. The Bertz CT molecular complexity index is 447. The Morgan fingerprint density at radius 1 is 1.39 bits per heavy atom. The summed E-state index contributed by atoms with van der Waals surface area (Å²) in [6.45, 7) is 3.87. The highest BCUT2D eigenvalue weighted by atomic mass is 79.9.